The molecule has 0 fully saturated rings. The fraction of sp³-hybridized carbons (Fsp3) is 0.136. The first-order valence-electron chi connectivity index (χ1n) is 9.19. The molecule has 0 atom stereocenters. The second-order valence-corrected chi connectivity index (χ2v) is 6.41. The molecule has 160 valence electrons. The largest absolute Gasteiger partial charge is 0.488 e. The topological polar surface area (TPSA) is 89.5 Å². The maximum atomic E-state index is 13.4. The van der Waals surface area contributed by atoms with Crippen molar-refractivity contribution in [3.8, 4) is 5.75 Å². The zero-order chi connectivity index (χ0) is 22.2. The summed E-state index contributed by atoms with van der Waals surface area (Å²) in [5.41, 5.74) is 1.70. The lowest BCUT2D eigenvalue weighted by molar-refractivity contribution is 0.102. The van der Waals surface area contributed by atoms with Gasteiger partial charge in [0.25, 0.3) is 5.91 Å². The molecule has 3 aromatic rings. The normalized spacial score (nSPS) is 10.3. The van der Waals surface area contributed by atoms with Crippen LogP contribution in [-0.4, -0.2) is 24.1 Å². The Morgan fingerprint density at radius 1 is 1.03 bits per heavy atom. The highest BCUT2D eigenvalue weighted by Crippen LogP contribution is 2.23. The molecule has 0 radical (unpaired) electrons. The van der Waals surface area contributed by atoms with E-state index in [-0.39, 0.29) is 24.5 Å². The minimum absolute atomic E-state index is 0.0792. The van der Waals surface area contributed by atoms with Gasteiger partial charge < -0.3 is 20.1 Å². The predicted molar refractivity (Wildman–Crippen MR) is 109 cm³/mol. The highest BCUT2D eigenvalue weighted by atomic mass is 19.2. The van der Waals surface area contributed by atoms with Crippen molar-refractivity contribution in [3.05, 3.63) is 89.2 Å². The molecule has 1 heterocycles. The molecule has 0 aliphatic carbocycles. The number of ether oxygens (including phenoxy) is 2. The zero-order valence-corrected chi connectivity index (χ0v) is 16.5. The SMILES string of the molecule is COC(=O)NCc1ccc(OCc2ccc(F)c(F)c2)c(C(=O)Nc2cccnc2)c1. The first-order chi connectivity index (χ1) is 15.0. The number of pyridine rings is 1. The van der Waals surface area contributed by atoms with Gasteiger partial charge in [-0.1, -0.05) is 12.1 Å². The fourth-order valence-electron chi connectivity index (χ4n) is 2.66. The second kappa shape index (κ2) is 10.1. The molecule has 7 nitrogen and oxygen atoms in total. The number of amides is 2. The number of methoxy groups -OCH3 is 1. The second-order valence-electron chi connectivity index (χ2n) is 6.41. The summed E-state index contributed by atoms with van der Waals surface area (Å²) in [7, 11) is 1.25. The van der Waals surface area contributed by atoms with Gasteiger partial charge in [-0.25, -0.2) is 13.6 Å². The zero-order valence-electron chi connectivity index (χ0n) is 16.5. The van der Waals surface area contributed by atoms with Crippen molar-refractivity contribution in [2.45, 2.75) is 13.2 Å². The summed E-state index contributed by atoms with van der Waals surface area (Å²) >= 11 is 0. The number of nitrogens with one attached hydrogen (secondary N) is 2. The Hall–Kier alpha value is -4.01. The number of rotatable bonds is 7. The molecule has 0 saturated heterocycles. The molecular weight excluding hydrogens is 408 g/mol. The van der Waals surface area contributed by atoms with Gasteiger partial charge in [-0.3, -0.25) is 9.78 Å². The number of aromatic nitrogens is 1. The van der Waals surface area contributed by atoms with Gasteiger partial charge >= 0.3 is 6.09 Å². The monoisotopic (exact) mass is 427 g/mol. The highest BCUT2D eigenvalue weighted by Gasteiger charge is 2.15. The van der Waals surface area contributed by atoms with Crippen LogP contribution < -0.4 is 15.4 Å². The van der Waals surface area contributed by atoms with Crippen molar-refractivity contribution in [2.24, 2.45) is 0 Å². The van der Waals surface area contributed by atoms with Gasteiger partial charge in [0.2, 0.25) is 0 Å². The number of benzene rings is 2. The van der Waals surface area contributed by atoms with Crippen LogP contribution in [0.4, 0.5) is 19.3 Å². The Kier molecular flexibility index (Phi) is 7.10. The summed E-state index contributed by atoms with van der Waals surface area (Å²) in [5.74, 6) is -2.18. The van der Waals surface area contributed by atoms with E-state index in [1.54, 1.807) is 36.5 Å². The van der Waals surface area contributed by atoms with Gasteiger partial charge in [-0.05, 0) is 47.5 Å². The summed E-state index contributed by atoms with van der Waals surface area (Å²) in [6.45, 7) is 0.0490. The van der Waals surface area contributed by atoms with Crippen molar-refractivity contribution in [1.29, 1.82) is 0 Å². The van der Waals surface area contributed by atoms with E-state index in [4.69, 9.17) is 4.74 Å². The molecule has 0 bridgehead atoms. The number of alkyl carbamates (subject to hydrolysis) is 1. The number of carbonyl (C=O) groups is 2. The van der Waals surface area contributed by atoms with Crippen molar-refractivity contribution in [1.82, 2.24) is 10.3 Å². The van der Waals surface area contributed by atoms with E-state index in [0.29, 0.717) is 16.8 Å². The van der Waals surface area contributed by atoms with Crippen LogP contribution in [0.2, 0.25) is 0 Å². The van der Waals surface area contributed by atoms with Crippen LogP contribution in [0.15, 0.2) is 60.9 Å². The Balaban J connectivity index is 1.82. The Morgan fingerprint density at radius 2 is 1.84 bits per heavy atom. The lowest BCUT2D eigenvalue weighted by atomic mass is 10.1. The number of hydrogen-bond donors (Lipinski definition) is 2. The van der Waals surface area contributed by atoms with Crippen LogP contribution in [-0.2, 0) is 17.9 Å². The number of nitrogens with zero attached hydrogens (tertiary/aromatic N) is 1. The van der Waals surface area contributed by atoms with E-state index in [2.05, 4.69) is 20.4 Å². The van der Waals surface area contributed by atoms with Crippen LogP contribution in [0.5, 0.6) is 5.75 Å². The maximum absolute atomic E-state index is 13.4. The third-order valence-electron chi connectivity index (χ3n) is 4.21. The summed E-state index contributed by atoms with van der Waals surface area (Å²) in [5, 5.41) is 5.25. The Bertz CT molecular complexity index is 1080. The van der Waals surface area contributed by atoms with Gasteiger partial charge in [-0.15, -0.1) is 0 Å². The highest BCUT2D eigenvalue weighted by molar-refractivity contribution is 6.06. The number of carbonyl (C=O) groups excluding carboxylic acids is 2. The first-order valence-corrected chi connectivity index (χ1v) is 9.19. The third-order valence-corrected chi connectivity index (χ3v) is 4.21. The molecule has 0 unspecified atom stereocenters. The standard InChI is InChI=1S/C22H19F2N3O4/c1-30-22(29)26-11-14-5-7-20(31-13-15-4-6-18(23)19(24)10-15)17(9-14)21(28)27-16-3-2-8-25-12-16/h2-10,12H,11,13H2,1H3,(H,26,29)(H,27,28). The van der Waals surface area contributed by atoms with E-state index >= 15 is 0 Å². The van der Waals surface area contributed by atoms with E-state index in [1.807, 2.05) is 0 Å². The van der Waals surface area contributed by atoms with E-state index < -0.39 is 23.6 Å². The average Bonchev–Trinajstić information content (AvgIpc) is 2.79. The molecule has 0 aliphatic heterocycles. The summed E-state index contributed by atoms with van der Waals surface area (Å²) < 4.78 is 36.8. The minimum atomic E-state index is -0.986. The minimum Gasteiger partial charge on any atom is -0.488 e. The number of hydrogen-bond acceptors (Lipinski definition) is 5. The van der Waals surface area contributed by atoms with Gasteiger partial charge in [0.15, 0.2) is 11.6 Å². The van der Waals surface area contributed by atoms with Gasteiger partial charge in [0.05, 0.1) is 24.6 Å². The molecule has 0 aliphatic rings. The molecular formula is C22H19F2N3O4. The van der Waals surface area contributed by atoms with Gasteiger partial charge in [-0.2, -0.15) is 0 Å². The third kappa shape index (κ3) is 5.99. The van der Waals surface area contributed by atoms with Crippen LogP contribution in [0.3, 0.4) is 0 Å². The molecule has 0 saturated carbocycles. The van der Waals surface area contributed by atoms with Gasteiger partial charge in [0.1, 0.15) is 12.4 Å². The lowest BCUT2D eigenvalue weighted by Crippen LogP contribution is -2.22. The van der Waals surface area contributed by atoms with Crippen LogP contribution in [0, 0.1) is 11.6 Å². The summed E-state index contributed by atoms with van der Waals surface area (Å²) in [6.07, 6.45) is 2.45. The molecule has 3 rings (SSSR count). The Morgan fingerprint density at radius 3 is 2.55 bits per heavy atom. The fourth-order valence-corrected chi connectivity index (χ4v) is 2.66. The van der Waals surface area contributed by atoms with Crippen molar-refractivity contribution in [3.63, 3.8) is 0 Å². The van der Waals surface area contributed by atoms with E-state index in [9.17, 15) is 18.4 Å². The number of anilines is 1. The molecule has 0 spiro atoms. The maximum Gasteiger partial charge on any atom is 0.407 e. The number of halogens is 2. The van der Waals surface area contributed by atoms with E-state index in [0.717, 1.165) is 12.1 Å². The molecule has 1 aromatic heterocycles. The molecule has 2 amide bonds. The first kappa shape index (κ1) is 21.7. The van der Waals surface area contributed by atoms with Crippen molar-refractivity contribution in [2.75, 3.05) is 12.4 Å². The molecule has 9 heteroatoms. The lowest BCUT2D eigenvalue weighted by Gasteiger charge is -2.14. The van der Waals surface area contributed by atoms with Crippen LogP contribution >= 0.6 is 0 Å². The molecule has 31 heavy (non-hydrogen) atoms. The van der Waals surface area contributed by atoms with Gasteiger partial charge in [0, 0.05) is 12.7 Å². The summed E-state index contributed by atoms with van der Waals surface area (Å²) in [6, 6.07) is 11.6. The summed E-state index contributed by atoms with van der Waals surface area (Å²) in [4.78, 5) is 28.1. The average molecular weight is 427 g/mol. The van der Waals surface area contributed by atoms with Crippen molar-refractivity contribution < 1.29 is 27.8 Å². The smallest absolute Gasteiger partial charge is 0.407 e. The molecule has 2 N–H and O–H groups in total. The van der Waals surface area contributed by atoms with Crippen LogP contribution in [0.25, 0.3) is 0 Å². The Labute approximate surface area is 177 Å². The quantitative estimate of drug-likeness (QED) is 0.594. The van der Waals surface area contributed by atoms with E-state index in [1.165, 1.54) is 19.4 Å². The van der Waals surface area contributed by atoms with Crippen molar-refractivity contribution >= 4 is 17.7 Å². The predicted octanol–water partition coefficient (Wildman–Crippen LogP) is 4.05. The molecule has 2 aromatic carbocycles. The van der Waals surface area contributed by atoms with Crippen LogP contribution in [0.1, 0.15) is 21.5 Å².